The van der Waals surface area contributed by atoms with Crippen molar-refractivity contribution < 1.29 is 19.3 Å². The first-order valence-electron chi connectivity index (χ1n) is 8.92. The summed E-state index contributed by atoms with van der Waals surface area (Å²) < 4.78 is 16.7. The van der Waals surface area contributed by atoms with Crippen LogP contribution < -0.4 is 0 Å². The van der Waals surface area contributed by atoms with Crippen molar-refractivity contribution in [1.82, 2.24) is 0 Å². The zero-order chi connectivity index (χ0) is 17.9. The van der Waals surface area contributed by atoms with E-state index in [1.807, 2.05) is 0 Å². The van der Waals surface area contributed by atoms with Gasteiger partial charge in [-0.2, -0.15) is 0 Å². The summed E-state index contributed by atoms with van der Waals surface area (Å²) in [4.78, 5) is 0. The third-order valence-electron chi connectivity index (χ3n) is 4.54. The van der Waals surface area contributed by atoms with Crippen LogP contribution in [0.1, 0.15) is 66.7 Å². The van der Waals surface area contributed by atoms with Gasteiger partial charge in [-0.1, -0.05) is 27.2 Å². The Morgan fingerprint density at radius 1 is 1.04 bits per heavy atom. The summed E-state index contributed by atoms with van der Waals surface area (Å²) in [6.45, 7) is 12.6. The van der Waals surface area contributed by atoms with Crippen LogP contribution in [0.4, 0.5) is 0 Å². The summed E-state index contributed by atoms with van der Waals surface area (Å²) in [5.41, 5.74) is 0.0686. The van der Waals surface area contributed by atoms with Gasteiger partial charge in [0.15, 0.2) is 0 Å². The topological polar surface area (TPSA) is 47.9 Å². The van der Waals surface area contributed by atoms with Gasteiger partial charge in [0, 0.05) is 33.9 Å². The van der Waals surface area contributed by atoms with E-state index in [9.17, 15) is 0 Å². The fraction of sp³-hybridized carbons (Fsp3) is 1.00. The van der Waals surface area contributed by atoms with Crippen molar-refractivity contribution in [3.05, 3.63) is 0 Å². The van der Waals surface area contributed by atoms with Crippen molar-refractivity contribution in [1.29, 1.82) is 0 Å². The maximum Gasteiger partial charge on any atom is 0.0831 e. The first-order valence-corrected chi connectivity index (χ1v) is 8.92. The SMILES string of the molecule is COCC(CC(C)(C)OCCC(C)(C)CCCC(C)CO)OC. The molecule has 0 saturated heterocycles. The van der Waals surface area contributed by atoms with E-state index in [-0.39, 0.29) is 17.1 Å². The summed E-state index contributed by atoms with van der Waals surface area (Å²) in [6.07, 6.45) is 5.38. The Morgan fingerprint density at radius 2 is 1.70 bits per heavy atom. The van der Waals surface area contributed by atoms with Crippen molar-refractivity contribution in [2.45, 2.75) is 78.4 Å². The van der Waals surface area contributed by atoms with Crippen LogP contribution in [-0.2, 0) is 14.2 Å². The zero-order valence-electron chi connectivity index (χ0n) is 16.5. The van der Waals surface area contributed by atoms with E-state index in [1.54, 1.807) is 14.2 Å². The first kappa shape index (κ1) is 22.8. The highest BCUT2D eigenvalue weighted by Gasteiger charge is 2.25. The highest BCUT2D eigenvalue weighted by molar-refractivity contribution is 4.76. The number of aliphatic hydroxyl groups is 1. The van der Waals surface area contributed by atoms with Crippen LogP contribution in [0.3, 0.4) is 0 Å². The molecule has 0 heterocycles. The molecule has 0 aliphatic heterocycles. The molecule has 0 saturated carbocycles. The van der Waals surface area contributed by atoms with Gasteiger partial charge in [-0.3, -0.25) is 0 Å². The summed E-state index contributed by atoms with van der Waals surface area (Å²) in [7, 11) is 3.41. The number of methoxy groups -OCH3 is 2. The molecule has 140 valence electrons. The lowest BCUT2D eigenvalue weighted by atomic mass is 9.83. The minimum Gasteiger partial charge on any atom is -0.396 e. The Morgan fingerprint density at radius 3 is 2.22 bits per heavy atom. The number of aliphatic hydroxyl groups excluding tert-OH is 1. The average molecular weight is 333 g/mol. The fourth-order valence-corrected chi connectivity index (χ4v) is 2.75. The molecule has 0 aliphatic rings. The maximum absolute atomic E-state index is 9.09. The Labute approximate surface area is 143 Å². The van der Waals surface area contributed by atoms with Crippen LogP contribution in [0.2, 0.25) is 0 Å². The van der Waals surface area contributed by atoms with Gasteiger partial charge < -0.3 is 19.3 Å². The second-order valence-electron chi connectivity index (χ2n) is 8.22. The van der Waals surface area contributed by atoms with Gasteiger partial charge in [-0.25, -0.2) is 0 Å². The second kappa shape index (κ2) is 11.4. The molecule has 0 radical (unpaired) electrons. The van der Waals surface area contributed by atoms with Crippen LogP contribution in [-0.4, -0.2) is 50.9 Å². The van der Waals surface area contributed by atoms with Crippen molar-refractivity contribution in [2.24, 2.45) is 11.3 Å². The minimum atomic E-state index is -0.208. The van der Waals surface area contributed by atoms with Crippen LogP contribution >= 0.6 is 0 Å². The molecule has 0 bridgehead atoms. The van der Waals surface area contributed by atoms with Crippen LogP contribution in [0.25, 0.3) is 0 Å². The highest BCUT2D eigenvalue weighted by atomic mass is 16.5. The molecule has 4 nitrogen and oxygen atoms in total. The molecule has 0 spiro atoms. The molecular weight excluding hydrogens is 292 g/mol. The van der Waals surface area contributed by atoms with Gasteiger partial charge in [0.05, 0.1) is 18.3 Å². The highest BCUT2D eigenvalue weighted by Crippen LogP contribution is 2.29. The standard InChI is InChI=1S/C19H40O4/c1-16(14-20)9-8-10-18(2,3)11-12-23-19(4,5)13-17(22-7)15-21-6/h16-17,20H,8-15H2,1-7H3. The average Bonchev–Trinajstić information content (AvgIpc) is 2.45. The van der Waals surface area contributed by atoms with Gasteiger partial charge >= 0.3 is 0 Å². The Balaban J connectivity index is 4.09. The summed E-state index contributed by atoms with van der Waals surface area (Å²) in [5, 5.41) is 9.09. The molecule has 0 amide bonds. The van der Waals surface area contributed by atoms with Crippen LogP contribution in [0.15, 0.2) is 0 Å². The number of hydrogen-bond acceptors (Lipinski definition) is 4. The van der Waals surface area contributed by atoms with Crippen molar-refractivity contribution in [3.8, 4) is 0 Å². The van der Waals surface area contributed by atoms with Crippen molar-refractivity contribution >= 4 is 0 Å². The lowest BCUT2D eigenvalue weighted by molar-refractivity contribution is -0.0775. The van der Waals surface area contributed by atoms with Crippen molar-refractivity contribution in [2.75, 3.05) is 34.0 Å². The van der Waals surface area contributed by atoms with Gasteiger partial charge in [-0.05, 0) is 44.4 Å². The van der Waals surface area contributed by atoms with Crippen LogP contribution in [0.5, 0.6) is 0 Å². The zero-order valence-corrected chi connectivity index (χ0v) is 16.5. The molecule has 0 rings (SSSR count). The predicted molar refractivity (Wildman–Crippen MR) is 95.8 cm³/mol. The van der Waals surface area contributed by atoms with E-state index in [4.69, 9.17) is 19.3 Å². The van der Waals surface area contributed by atoms with Gasteiger partial charge in [0.25, 0.3) is 0 Å². The monoisotopic (exact) mass is 332 g/mol. The third kappa shape index (κ3) is 11.9. The molecular formula is C19H40O4. The van der Waals surface area contributed by atoms with E-state index >= 15 is 0 Å². The largest absolute Gasteiger partial charge is 0.396 e. The number of hydrogen-bond donors (Lipinski definition) is 1. The first-order chi connectivity index (χ1) is 10.7. The lowest BCUT2D eigenvalue weighted by Crippen LogP contribution is -2.34. The summed E-state index contributed by atoms with van der Waals surface area (Å²) in [6, 6.07) is 0. The number of ether oxygens (including phenoxy) is 3. The molecule has 0 aromatic rings. The van der Waals surface area contributed by atoms with Crippen LogP contribution in [0, 0.1) is 11.3 Å². The van der Waals surface area contributed by atoms with E-state index in [0.29, 0.717) is 19.1 Å². The molecule has 0 fully saturated rings. The van der Waals surface area contributed by atoms with E-state index in [2.05, 4.69) is 34.6 Å². The van der Waals surface area contributed by atoms with E-state index in [1.165, 1.54) is 6.42 Å². The molecule has 2 unspecified atom stereocenters. The fourth-order valence-electron chi connectivity index (χ4n) is 2.75. The Bertz CT molecular complexity index is 289. The quantitative estimate of drug-likeness (QED) is 0.521. The Kier molecular flexibility index (Phi) is 11.3. The maximum atomic E-state index is 9.09. The third-order valence-corrected chi connectivity index (χ3v) is 4.54. The smallest absolute Gasteiger partial charge is 0.0831 e. The van der Waals surface area contributed by atoms with E-state index in [0.717, 1.165) is 32.3 Å². The lowest BCUT2D eigenvalue weighted by Gasteiger charge is -2.31. The minimum absolute atomic E-state index is 0.0722. The Hall–Kier alpha value is -0.160. The van der Waals surface area contributed by atoms with Gasteiger partial charge in [0.1, 0.15) is 0 Å². The summed E-state index contributed by atoms with van der Waals surface area (Å²) >= 11 is 0. The molecule has 2 atom stereocenters. The molecule has 0 aromatic carbocycles. The van der Waals surface area contributed by atoms with Crippen molar-refractivity contribution in [3.63, 3.8) is 0 Å². The normalized spacial score (nSPS) is 15.7. The number of rotatable bonds is 14. The molecule has 1 N–H and O–H groups in total. The predicted octanol–water partition coefficient (Wildman–Crippen LogP) is 4.05. The van der Waals surface area contributed by atoms with Gasteiger partial charge in [-0.15, -0.1) is 0 Å². The molecule has 0 aliphatic carbocycles. The van der Waals surface area contributed by atoms with E-state index < -0.39 is 0 Å². The van der Waals surface area contributed by atoms with Gasteiger partial charge in [0.2, 0.25) is 0 Å². The molecule has 0 aromatic heterocycles. The molecule has 23 heavy (non-hydrogen) atoms. The molecule has 4 heteroatoms. The second-order valence-corrected chi connectivity index (χ2v) is 8.22. The summed E-state index contributed by atoms with van der Waals surface area (Å²) in [5.74, 6) is 0.410.